The van der Waals surface area contributed by atoms with Crippen LogP contribution in [0, 0.1) is 6.92 Å². The van der Waals surface area contributed by atoms with Crippen LogP contribution >= 0.6 is 0 Å². The number of amides is 2. The molecule has 12 heteroatoms. The first-order chi connectivity index (χ1) is 15.7. The molecule has 1 aromatic carbocycles. The average molecular weight is 458 g/mol. The minimum atomic E-state index is -4.61. The van der Waals surface area contributed by atoms with E-state index < -0.39 is 17.9 Å². The number of hydrogen-bond acceptors (Lipinski definition) is 5. The lowest BCUT2D eigenvalue weighted by atomic mass is 10.1. The number of benzene rings is 1. The molecule has 0 radical (unpaired) electrons. The molecule has 4 rings (SSSR count). The third-order valence-corrected chi connectivity index (χ3v) is 4.75. The molecule has 0 unspecified atom stereocenters. The number of carbonyl (C=O) groups is 1. The van der Waals surface area contributed by atoms with Gasteiger partial charge in [0, 0.05) is 30.1 Å². The molecular weight excluding hydrogens is 439 g/mol. The van der Waals surface area contributed by atoms with Crippen molar-refractivity contribution in [3.63, 3.8) is 0 Å². The number of nitrogens with one attached hydrogen (secondary N) is 2. The smallest absolute Gasteiger partial charge is 0.308 e. The van der Waals surface area contributed by atoms with Crippen LogP contribution in [0.15, 0.2) is 59.5 Å². The van der Waals surface area contributed by atoms with E-state index in [1.54, 1.807) is 0 Å². The monoisotopic (exact) mass is 458 g/mol. The zero-order valence-corrected chi connectivity index (χ0v) is 17.6. The van der Waals surface area contributed by atoms with E-state index in [4.69, 9.17) is 4.52 Å². The zero-order chi connectivity index (χ0) is 23.6. The number of anilines is 2. The molecule has 0 bridgehead atoms. The number of nitrogens with zero attached hydrogens (tertiary/aromatic N) is 5. The molecule has 33 heavy (non-hydrogen) atoms. The summed E-state index contributed by atoms with van der Waals surface area (Å²) >= 11 is 0. The Morgan fingerprint density at radius 1 is 1.18 bits per heavy atom. The third kappa shape index (κ3) is 5.17. The van der Waals surface area contributed by atoms with Gasteiger partial charge in [-0.05, 0) is 29.3 Å². The molecule has 9 nitrogen and oxygen atoms in total. The number of hydrogen-bond donors (Lipinski definition) is 2. The molecule has 0 saturated heterocycles. The van der Waals surface area contributed by atoms with Crippen molar-refractivity contribution in [2.45, 2.75) is 19.6 Å². The van der Waals surface area contributed by atoms with E-state index in [9.17, 15) is 18.0 Å². The molecule has 0 aliphatic heterocycles. The predicted octanol–water partition coefficient (Wildman–Crippen LogP) is 3.78. The predicted molar refractivity (Wildman–Crippen MR) is 111 cm³/mol. The summed E-state index contributed by atoms with van der Waals surface area (Å²) in [7, 11) is 1.89. The first kappa shape index (κ1) is 22.0. The van der Waals surface area contributed by atoms with Gasteiger partial charge >= 0.3 is 18.1 Å². The van der Waals surface area contributed by atoms with Crippen molar-refractivity contribution in [3.05, 3.63) is 71.8 Å². The zero-order valence-electron chi connectivity index (χ0n) is 17.6. The molecule has 0 aliphatic rings. The molecule has 0 atom stereocenters. The minimum Gasteiger partial charge on any atom is -0.308 e. The molecule has 4 aromatic rings. The largest absolute Gasteiger partial charge is 0.433 e. The molecular formula is C21H19F3N7O2+. The summed E-state index contributed by atoms with van der Waals surface area (Å²) in [4.78, 5) is 15.3. The summed E-state index contributed by atoms with van der Waals surface area (Å²) in [6.45, 7) is 2.38. The Morgan fingerprint density at radius 2 is 1.94 bits per heavy atom. The Kier molecular flexibility index (Phi) is 5.82. The van der Waals surface area contributed by atoms with Crippen molar-refractivity contribution in [2.75, 3.05) is 10.6 Å². The van der Waals surface area contributed by atoms with E-state index in [1.807, 2.05) is 49.1 Å². The van der Waals surface area contributed by atoms with E-state index in [1.165, 1.54) is 16.9 Å². The highest BCUT2D eigenvalue weighted by Gasteiger charge is 2.32. The fourth-order valence-corrected chi connectivity index (χ4v) is 3.26. The highest BCUT2D eigenvalue weighted by molar-refractivity contribution is 5.98. The Hall–Kier alpha value is -4.22. The van der Waals surface area contributed by atoms with Crippen LogP contribution in [-0.4, -0.2) is 26.1 Å². The van der Waals surface area contributed by atoms with Crippen LogP contribution in [-0.2, 0) is 19.8 Å². The van der Waals surface area contributed by atoms with Gasteiger partial charge < -0.3 is 5.32 Å². The topological polar surface area (TPSA) is 102 Å². The van der Waals surface area contributed by atoms with Crippen LogP contribution in [0.3, 0.4) is 0 Å². The maximum Gasteiger partial charge on any atom is 0.433 e. The first-order valence-electron chi connectivity index (χ1n) is 9.74. The van der Waals surface area contributed by atoms with Crippen LogP contribution < -0.4 is 15.3 Å². The molecule has 3 aromatic heterocycles. The highest BCUT2D eigenvalue weighted by atomic mass is 19.4. The molecule has 0 saturated carbocycles. The van der Waals surface area contributed by atoms with Crippen molar-refractivity contribution < 1.29 is 27.2 Å². The summed E-state index contributed by atoms with van der Waals surface area (Å²) < 4.78 is 46.6. The van der Waals surface area contributed by atoms with Gasteiger partial charge in [0.2, 0.25) is 11.8 Å². The van der Waals surface area contributed by atoms with Crippen LogP contribution in [0.25, 0.3) is 11.3 Å². The van der Waals surface area contributed by atoms with Crippen molar-refractivity contribution in [1.82, 2.24) is 20.0 Å². The van der Waals surface area contributed by atoms with Crippen LogP contribution in [0.5, 0.6) is 0 Å². The Bertz CT molecular complexity index is 1260. The van der Waals surface area contributed by atoms with E-state index in [0.717, 1.165) is 34.6 Å². The number of carbonyl (C=O) groups excluding carboxylic acids is 1. The number of aryl methyl sites for hydroxylation is 2. The second-order valence-corrected chi connectivity index (χ2v) is 7.27. The summed E-state index contributed by atoms with van der Waals surface area (Å²) in [5.41, 5.74) is 2.92. The third-order valence-electron chi connectivity index (χ3n) is 4.75. The summed E-state index contributed by atoms with van der Waals surface area (Å²) in [5, 5.41) is 12.8. The molecule has 0 aliphatic carbocycles. The maximum atomic E-state index is 12.7. The molecule has 0 spiro atoms. The van der Waals surface area contributed by atoms with Gasteiger partial charge in [0.15, 0.2) is 0 Å². The van der Waals surface area contributed by atoms with Crippen molar-refractivity contribution in [2.24, 2.45) is 7.05 Å². The normalized spacial score (nSPS) is 11.4. The number of aromatic nitrogens is 5. The Balaban J connectivity index is 1.37. The molecule has 2 N–H and O–H groups in total. The number of halogens is 3. The van der Waals surface area contributed by atoms with Gasteiger partial charge in [-0.15, -0.1) is 0 Å². The molecule has 2 amide bonds. The lowest BCUT2D eigenvalue weighted by Gasteiger charge is -2.08. The molecule has 3 heterocycles. The molecule has 0 fully saturated rings. The fraction of sp³-hybridized carbons (Fsp3) is 0.190. The van der Waals surface area contributed by atoms with Crippen LogP contribution in [0.1, 0.15) is 16.8 Å². The summed E-state index contributed by atoms with van der Waals surface area (Å²) in [6, 6.07) is 9.06. The number of urea groups is 1. The summed E-state index contributed by atoms with van der Waals surface area (Å²) in [5.74, 6) is 0.0275. The quantitative estimate of drug-likeness (QED) is 0.443. The van der Waals surface area contributed by atoms with Crippen LogP contribution in [0.2, 0.25) is 0 Å². The van der Waals surface area contributed by atoms with E-state index in [2.05, 4.69) is 26.0 Å². The average Bonchev–Trinajstić information content (AvgIpc) is 3.33. The standard InChI is InChI=1S/C21H18F3N7O2/c1-13-10-26-30(2)19(13)15-5-3-14(4-6-15)11-31-12-18(33-29-31)28-20(32)27-16-7-8-25-17(9-16)21(22,23)24/h3-10,12H,11H2,1-2H3,(H-,25,27,28,29,32)/p+1. The van der Waals surface area contributed by atoms with Gasteiger partial charge in [0.1, 0.15) is 5.69 Å². The van der Waals surface area contributed by atoms with Gasteiger partial charge in [0.25, 0.3) is 6.20 Å². The van der Waals surface area contributed by atoms with E-state index in [-0.39, 0.29) is 11.6 Å². The minimum absolute atomic E-state index is 0.0275. The van der Waals surface area contributed by atoms with Crippen molar-refractivity contribution >= 4 is 17.6 Å². The lowest BCUT2D eigenvalue weighted by Crippen LogP contribution is -2.35. The second kappa shape index (κ2) is 8.73. The van der Waals surface area contributed by atoms with Gasteiger partial charge in [-0.25, -0.2) is 4.79 Å². The Morgan fingerprint density at radius 3 is 2.61 bits per heavy atom. The van der Waals surface area contributed by atoms with E-state index in [0.29, 0.717) is 6.54 Å². The summed E-state index contributed by atoms with van der Waals surface area (Å²) in [6.07, 6.45) is -0.378. The highest BCUT2D eigenvalue weighted by Crippen LogP contribution is 2.28. The molecule has 170 valence electrons. The van der Waals surface area contributed by atoms with Crippen molar-refractivity contribution in [1.29, 1.82) is 0 Å². The SMILES string of the molecule is Cc1cnn(C)c1-c1ccc(C[n+]2cc(NC(=O)Nc3ccnc(C(F)(F)F)c3)on2)cc1. The van der Waals surface area contributed by atoms with Crippen LogP contribution in [0.4, 0.5) is 29.5 Å². The lowest BCUT2D eigenvalue weighted by molar-refractivity contribution is -0.754. The van der Waals surface area contributed by atoms with Gasteiger partial charge in [-0.1, -0.05) is 24.3 Å². The van der Waals surface area contributed by atoms with Gasteiger partial charge in [-0.2, -0.15) is 18.3 Å². The van der Waals surface area contributed by atoms with Gasteiger partial charge in [0.05, 0.1) is 11.9 Å². The first-order valence-corrected chi connectivity index (χ1v) is 9.74. The van der Waals surface area contributed by atoms with E-state index >= 15 is 0 Å². The number of alkyl halides is 3. The number of pyridine rings is 1. The second-order valence-electron chi connectivity index (χ2n) is 7.27. The van der Waals surface area contributed by atoms with Crippen molar-refractivity contribution in [3.8, 4) is 11.3 Å². The maximum absolute atomic E-state index is 12.7. The fourth-order valence-electron chi connectivity index (χ4n) is 3.26. The Labute approximate surface area is 185 Å². The number of rotatable bonds is 5. The van der Waals surface area contributed by atoms with Gasteiger partial charge in [-0.3, -0.25) is 19.5 Å².